The molecule has 1 amide bonds. The predicted molar refractivity (Wildman–Crippen MR) is 113 cm³/mol. The number of aromatic nitrogens is 3. The average molecular weight is 401 g/mol. The lowest BCUT2D eigenvalue weighted by Gasteiger charge is -1.99. The molecule has 0 fully saturated rings. The number of anilines is 1. The molecular formula is C20H24N4OS2. The molecule has 0 aliphatic heterocycles. The van der Waals surface area contributed by atoms with Crippen molar-refractivity contribution in [2.75, 3.05) is 5.32 Å². The molecule has 1 N–H and O–H groups in total. The molecule has 0 aliphatic carbocycles. The number of unbranched alkanes of at least 4 members (excludes halogenated alkanes) is 2. The molecule has 5 nitrogen and oxygen atoms in total. The molecule has 0 bridgehead atoms. The first-order valence-electron chi connectivity index (χ1n) is 9.31. The minimum absolute atomic E-state index is 0.169. The Bertz CT molecular complexity index is 899. The molecule has 1 aromatic carbocycles. The van der Waals surface area contributed by atoms with Gasteiger partial charge in [0.25, 0.3) is 5.91 Å². The fraction of sp³-hybridized carbons (Fsp3) is 0.400. The Morgan fingerprint density at radius 2 is 1.85 bits per heavy atom. The second-order valence-electron chi connectivity index (χ2n) is 6.40. The number of carbonyl (C=O) groups excluding carboxylic acids is 1. The molecule has 0 saturated heterocycles. The molecule has 7 heteroatoms. The first-order valence-corrected chi connectivity index (χ1v) is 10.9. The van der Waals surface area contributed by atoms with Gasteiger partial charge in [-0.1, -0.05) is 62.3 Å². The zero-order valence-corrected chi connectivity index (χ0v) is 17.5. The van der Waals surface area contributed by atoms with Gasteiger partial charge in [-0.05, 0) is 25.3 Å². The van der Waals surface area contributed by atoms with Gasteiger partial charge < -0.3 is 0 Å². The van der Waals surface area contributed by atoms with Crippen molar-refractivity contribution in [2.24, 2.45) is 0 Å². The summed E-state index contributed by atoms with van der Waals surface area (Å²) < 4.78 is 0. The van der Waals surface area contributed by atoms with Gasteiger partial charge in [0.2, 0.25) is 5.13 Å². The molecule has 142 valence electrons. The van der Waals surface area contributed by atoms with Crippen molar-refractivity contribution in [1.29, 1.82) is 0 Å². The largest absolute Gasteiger partial charge is 0.296 e. The highest BCUT2D eigenvalue weighted by molar-refractivity contribution is 7.17. The van der Waals surface area contributed by atoms with Gasteiger partial charge in [0.15, 0.2) is 0 Å². The molecular weight excluding hydrogens is 376 g/mol. The van der Waals surface area contributed by atoms with E-state index >= 15 is 0 Å². The molecule has 0 spiro atoms. The second-order valence-corrected chi connectivity index (χ2v) is 8.46. The maximum absolute atomic E-state index is 12.6. The van der Waals surface area contributed by atoms with Crippen LogP contribution in [0.25, 0.3) is 10.6 Å². The summed E-state index contributed by atoms with van der Waals surface area (Å²) in [6.07, 6.45) is 5.39. The number of rotatable bonds is 8. The third kappa shape index (κ3) is 4.99. The van der Waals surface area contributed by atoms with Crippen LogP contribution in [0.4, 0.5) is 5.13 Å². The lowest BCUT2D eigenvalue weighted by molar-refractivity contribution is 0.102. The first kappa shape index (κ1) is 19.6. The van der Waals surface area contributed by atoms with Crippen LogP contribution in [0.1, 0.15) is 59.0 Å². The minimum atomic E-state index is -0.169. The van der Waals surface area contributed by atoms with Crippen molar-refractivity contribution < 1.29 is 4.79 Å². The van der Waals surface area contributed by atoms with E-state index in [0.29, 0.717) is 10.0 Å². The van der Waals surface area contributed by atoms with Gasteiger partial charge in [-0.25, -0.2) is 4.98 Å². The maximum atomic E-state index is 12.6. The van der Waals surface area contributed by atoms with Crippen LogP contribution in [0, 0.1) is 6.92 Å². The summed E-state index contributed by atoms with van der Waals surface area (Å²) in [4.78, 5) is 17.8. The summed E-state index contributed by atoms with van der Waals surface area (Å²) in [7, 11) is 0. The zero-order valence-electron chi connectivity index (χ0n) is 15.9. The van der Waals surface area contributed by atoms with E-state index in [-0.39, 0.29) is 5.91 Å². The van der Waals surface area contributed by atoms with Gasteiger partial charge in [0.05, 0.1) is 5.69 Å². The number of thiazole rings is 1. The molecule has 0 unspecified atom stereocenters. The number of hydrogen-bond acceptors (Lipinski definition) is 6. The minimum Gasteiger partial charge on any atom is -0.296 e. The van der Waals surface area contributed by atoms with Gasteiger partial charge in [-0.3, -0.25) is 10.1 Å². The smallest absolute Gasteiger partial charge is 0.269 e. The molecule has 0 atom stereocenters. The van der Waals surface area contributed by atoms with Crippen molar-refractivity contribution in [2.45, 2.75) is 52.9 Å². The number of amides is 1. The van der Waals surface area contributed by atoms with Crippen molar-refractivity contribution in [1.82, 2.24) is 15.2 Å². The molecule has 2 heterocycles. The van der Waals surface area contributed by atoms with Crippen molar-refractivity contribution >= 4 is 33.7 Å². The molecule has 3 rings (SSSR count). The van der Waals surface area contributed by atoms with Crippen LogP contribution in [0.5, 0.6) is 0 Å². The average Bonchev–Trinajstić information content (AvgIpc) is 3.28. The quantitative estimate of drug-likeness (QED) is 0.506. The van der Waals surface area contributed by atoms with Crippen LogP contribution in [-0.2, 0) is 12.8 Å². The second kappa shape index (κ2) is 9.19. The Balaban J connectivity index is 1.69. The van der Waals surface area contributed by atoms with Crippen LogP contribution in [0.3, 0.4) is 0 Å². The lowest BCUT2D eigenvalue weighted by Crippen LogP contribution is -2.11. The van der Waals surface area contributed by atoms with E-state index in [4.69, 9.17) is 0 Å². The zero-order chi connectivity index (χ0) is 19.2. The normalized spacial score (nSPS) is 10.9. The van der Waals surface area contributed by atoms with Gasteiger partial charge in [0.1, 0.15) is 14.9 Å². The highest BCUT2D eigenvalue weighted by Gasteiger charge is 2.18. The number of aryl methyl sites for hydroxylation is 3. The Morgan fingerprint density at radius 3 is 2.56 bits per heavy atom. The molecule has 0 saturated carbocycles. The fourth-order valence-electron chi connectivity index (χ4n) is 2.70. The van der Waals surface area contributed by atoms with Crippen LogP contribution in [0.2, 0.25) is 0 Å². The number of hydrogen-bond donors (Lipinski definition) is 1. The SMILES string of the molecule is CCCCCc1nnc(NC(=O)c2sc(-c3ccc(CC)cc3)nc2C)s1. The third-order valence-corrected chi connectivity index (χ3v) is 6.40. The third-order valence-electron chi connectivity index (χ3n) is 4.29. The van der Waals surface area contributed by atoms with Crippen molar-refractivity contribution in [3.8, 4) is 10.6 Å². The summed E-state index contributed by atoms with van der Waals surface area (Å²) in [6.45, 7) is 6.18. The highest BCUT2D eigenvalue weighted by atomic mass is 32.1. The topological polar surface area (TPSA) is 67.8 Å². The summed E-state index contributed by atoms with van der Waals surface area (Å²) in [6, 6.07) is 8.33. The van der Waals surface area contributed by atoms with Gasteiger partial charge in [0, 0.05) is 12.0 Å². The Labute approximate surface area is 167 Å². The van der Waals surface area contributed by atoms with Gasteiger partial charge >= 0.3 is 0 Å². The molecule has 0 aliphatic rings. The lowest BCUT2D eigenvalue weighted by atomic mass is 10.1. The van der Waals surface area contributed by atoms with Crippen molar-refractivity contribution in [3.05, 3.63) is 45.4 Å². The Kier molecular flexibility index (Phi) is 6.68. The molecule has 0 radical (unpaired) electrons. The number of nitrogens with zero attached hydrogens (tertiary/aromatic N) is 3. The highest BCUT2D eigenvalue weighted by Crippen LogP contribution is 2.29. The summed E-state index contributed by atoms with van der Waals surface area (Å²) in [5.41, 5.74) is 3.06. The number of nitrogens with one attached hydrogen (secondary N) is 1. The van der Waals surface area contributed by atoms with Crippen molar-refractivity contribution in [3.63, 3.8) is 0 Å². The summed E-state index contributed by atoms with van der Waals surface area (Å²) in [5.74, 6) is -0.169. The fourth-order valence-corrected chi connectivity index (χ4v) is 4.44. The van der Waals surface area contributed by atoms with E-state index in [2.05, 4.69) is 58.6 Å². The predicted octanol–water partition coefficient (Wildman–Crippen LogP) is 5.52. The van der Waals surface area contributed by atoms with E-state index in [1.165, 1.54) is 41.1 Å². The summed E-state index contributed by atoms with van der Waals surface area (Å²) in [5, 5.41) is 13.5. The molecule has 2 aromatic heterocycles. The molecule has 3 aromatic rings. The van der Waals surface area contributed by atoms with E-state index in [1.807, 2.05) is 6.92 Å². The van der Waals surface area contributed by atoms with Crippen LogP contribution in [-0.4, -0.2) is 21.1 Å². The van der Waals surface area contributed by atoms with E-state index < -0.39 is 0 Å². The number of carbonyl (C=O) groups is 1. The van der Waals surface area contributed by atoms with Gasteiger partial charge in [-0.2, -0.15) is 0 Å². The maximum Gasteiger partial charge on any atom is 0.269 e. The number of benzene rings is 1. The van der Waals surface area contributed by atoms with Gasteiger partial charge in [-0.15, -0.1) is 21.5 Å². The standard InChI is InChI=1S/C20H24N4OS2/c1-4-6-7-8-16-23-24-20(26-16)22-18(25)17-13(3)21-19(27-17)15-11-9-14(5-2)10-12-15/h9-12H,4-8H2,1-3H3,(H,22,24,25). The van der Waals surface area contributed by atoms with E-state index in [9.17, 15) is 4.79 Å². The van der Waals surface area contributed by atoms with Crippen LogP contribution < -0.4 is 5.32 Å². The van der Waals surface area contributed by atoms with E-state index in [0.717, 1.165) is 40.5 Å². The molecule has 27 heavy (non-hydrogen) atoms. The Morgan fingerprint density at radius 1 is 1.07 bits per heavy atom. The monoisotopic (exact) mass is 400 g/mol. The Hall–Kier alpha value is -2.12. The van der Waals surface area contributed by atoms with Crippen LogP contribution >= 0.6 is 22.7 Å². The summed E-state index contributed by atoms with van der Waals surface area (Å²) >= 11 is 2.86. The van der Waals surface area contributed by atoms with E-state index in [1.54, 1.807) is 0 Å². The van der Waals surface area contributed by atoms with Crippen LogP contribution in [0.15, 0.2) is 24.3 Å². The first-order chi connectivity index (χ1) is 13.1.